The van der Waals surface area contributed by atoms with Crippen LogP contribution in [0.25, 0.3) is 0 Å². The number of aliphatic hydroxyl groups excluding tert-OH is 1. The summed E-state index contributed by atoms with van der Waals surface area (Å²) < 4.78 is 17.5. The Morgan fingerprint density at radius 2 is 0.780 bits per heavy atom. The van der Waals surface area contributed by atoms with Crippen molar-refractivity contribution in [2.24, 2.45) is 0 Å². The van der Waals surface area contributed by atoms with Gasteiger partial charge in [0.15, 0.2) is 0 Å². The minimum Gasteiger partial charge on any atom is -0.492 e. The summed E-state index contributed by atoms with van der Waals surface area (Å²) in [6.07, 6.45) is 1.79. The monoisotopic (exact) mass is 554 g/mol. The Balaban J connectivity index is 1.05. The molecule has 0 saturated carbocycles. The number of rotatable bonds is 18. The summed E-state index contributed by atoms with van der Waals surface area (Å²) in [5.74, 6) is 2.62. The Hall–Kier alpha value is -3.84. The molecular formula is C35H42N2O4. The molecule has 0 aliphatic carbocycles. The first-order valence-electron chi connectivity index (χ1n) is 14.4. The number of aryl methyl sites for hydroxylation is 1. The quantitative estimate of drug-likeness (QED) is 0.147. The van der Waals surface area contributed by atoms with E-state index in [-0.39, 0.29) is 6.61 Å². The van der Waals surface area contributed by atoms with Crippen LogP contribution in [0.4, 0.5) is 0 Å². The zero-order chi connectivity index (χ0) is 28.5. The standard InChI is InChI=1S/C35H42N2O4/c1-28-2-4-29(5-3-28)26-30-6-12-34(13-7-30)40-24-20-37-21-25-41-35-16-10-32(11-17-35)27-31-8-14-33(15-9-31)39-23-19-36-18-22-38/h2-17,36-38H,18-27H2,1H3. The van der Waals surface area contributed by atoms with E-state index in [2.05, 4.69) is 78.2 Å². The lowest BCUT2D eigenvalue weighted by molar-refractivity contribution is 0.276. The summed E-state index contributed by atoms with van der Waals surface area (Å²) in [5.41, 5.74) is 6.35. The molecule has 6 heteroatoms. The topological polar surface area (TPSA) is 72.0 Å². The lowest BCUT2D eigenvalue weighted by Gasteiger charge is -2.10. The van der Waals surface area contributed by atoms with Gasteiger partial charge in [-0.05, 0) is 78.4 Å². The molecule has 0 aliphatic heterocycles. The third-order valence-electron chi connectivity index (χ3n) is 6.64. The largest absolute Gasteiger partial charge is 0.492 e. The molecule has 0 spiro atoms. The maximum absolute atomic E-state index is 8.77. The number of nitrogens with one attached hydrogen (secondary N) is 2. The third-order valence-corrected chi connectivity index (χ3v) is 6.64. The van der Waals surface area contributed by atoms with Crippen molar-refractivity contribution < 1.29 is 19.3 Å². The van der Waals surface area contributed by atoms with E-state index in [9.17, 15) is 0 Å². The average Bonchev–Trinajstić information content (AvgIpc) is 3.00. The Kier molecular flexibility index (Phi) is 12.5. The summed E-state index contributed by atoms with van der Waals surface area (Å²) in [7, 11) is 0. The van der Waals surface area contributed by atoms with Crippen molar-refractivity contribution in [1.82, 2.24) is 10.6 Å². The molecule has 0 fully saturated rings. The molecular weight excluding hydrogens is 512 g/mol. The smallest absolute Gasteiger partial charge is 0.119 e. The third kappa shape index (κ3) is 11.3. The van der Waals surface area contributed by atoms with Crippen molar-refractivity contribution in [2.45, 2.75) is 19.8 Å². The molecule has 0 unspecified atom stereocenters. The summed E-state index contributed by atoms with van der Waals surface area (Å²) in [4.78, 5) is 0. The summed E-state index contributed by atoms with van der Waals surface area (Å²) >= 11 is 0. The summed E-state index contributed by atoms with van der Waals surface area (Å²) in [6.45, 7) is 6.86. The van der Waals surface area contributed by atoms with Gasteiger partial charge in [0.2, 0.25) is 0 Å². The number of hydrogen-bond donors (Lipinski definition) is 3. The fraction of sp³-hybridized carbons (Fsp3) is 0.314. The molecule has 4 rings (SSSR count). The second kappa shape index (κ2) is 17.1. The predicted molar refractivity (Wildman–Crippen MR) is 165 cm³/mol. The number of hydrogen-bond acceptors (Lipinski definition) is 6. The Labute approximate surface area is 244 Å². The Morgan fingerprint density at radius 3 is 1.12 bits per heavy atom. The van der Waals surface area contributed by atoms with Crippen LogP contribution in [0.2, 0.25) is 0 Å². The van der Waals surface area contributed by atoms with Crippen molar-refractivity contribution in [3.05, 3.63) is 125 Å². The second-order valence-corrected chi connectivity index (χ2v) is 10.0. The predicted octanol–water partition coefficient (Wildman–Crippen LogP) is 5.18. The SMILES string of the molecule is Cc1ccc(Cc2ccc(OCCNCCOc3ccc(Cc4ccc(OCCNCCO)cc4)cc3)cc2)cc1. The van der Waals surface area contributed by atoms with E-state index in [4.69, 9.17) is 19.3 Å². The van der Waals surface area contributed by atoms with Crippen molar-refractivity contribution in [2.75, 3.05) is 52.6 Å². The van der Waals surface area contributed by atoms with Crippen LogP contribution >= 0.6 is 0 Å². The highest BCUT2D eigenvalue weighted by atomic mass is 16.5. The molecule has 0 bridgehead atoms. The highest BCUT2D eigenvalue weighted by Crippen LogP contribution is 2.18. The zero-order valence-electron chi connectivity index (χ0n) is 24.0. The number of benzene rings is 4. The molecule has 3 N–H and O–H groups in total. The molecule has 216 valence electrons. The minimum absolute atomic E-state index is 0.141. The average molecular weight is 555 g/mol. The highest BCUT2D eigenvalue weighted by molar-refractivity contribution is 5.34. The molecule has 0 aliphatic rings. The molecule has 0 atom stereocenters. The van der Waals surface area contributed by atoms with Crippen molar-refractivity contribution in [3.63, 3.8) is 0 Å². The zero-order valence-corrected chi connectivity index (χ0v) is 24.0. The van der Waals surface area contributed by atoms with Crippen LogP contribution in [0.15, 0.2) is 97.1 Å². The normalized spacial score (nSPS) is 10.9. The maximum Gasteiger partial charge on any atom is 0.119 e. The molecule has 0 heterocycles. The first-order chi connectivity index (χ1) is 20.2. The highest BCUT2D eigenvalue weighted by Gasteiger charge is 2.01. The van der Waals surface area contributed by atoms with Crippen LogP contribution in [0, 0.1) is 6.92 Å². The van der Waals surface area contributed by atoms with E-state index >= 15 is 0 Å². The van der Waals surface area contributed by atoms with Gasteiger partial charge < -0.3 is 30.0 Å². The Bertz CT molecular complexity index is 1260. The van der Waals surface area contributed by atoms with Gasteiger partial charge in [-0.2, -0.15) is 0 Å². The first-order valence-corrected chi connectivity index (χ1v) is 14.4. The van der Waals surface area contributed by atoms with Gasteiger partial charge in [-0.3, -0.25) is 0 Å². The fourth-order valence-electron chi connectivity index (χ4n) is 4.34. The van der Waals surface area contributed by atoms with Crippen LogP contribution < -0.4 is 24.8 Å². The van der Waals surface area contributed by atoms with Gasteiger partial charge in [0, 0.05) is 26.2 Å². The molecule has 0 saturated heterocycles. The van der Waals surface area contributed by atoms with Crippen LogP contribution in [0.5, 0.6) is 17.2 Å². The number of aliphatic hydroxyl groups is 1. The van der Waals surface area contributed by atoms with Crippen LogP contribution in [-0.2, 0) is 12.8 Å². The molecule has 4 aromatic rings. The lowest BCUT2D eigenvalue weighted by Crippen LogP contribution is -2.25. The van der Waals surface area contributed by atoms with Gasteiger partial charge in [-0.15, -0.1) is 0 Å². The van der Waals surface area contributed by atoms with E-state index in [0.29, 0.717) is 32.9 Å². The molecule has 4 aromatic carbocycles. The van der Waals surface area contributed by atoms with Crippen molar-refractivity contribution in [3.8, 4) is 17.2 Å². The fourth-order valence-corrected chi connectivity index (χ4v) is 4.34. The summed E-state index contributed by atoms with van der Waals surface area (Å²) in [6, 6.07) is 33.5. The van der Waals surface area contributed by atoms with Gasteiger partial charge in [-0.1, -0.05) is 66.2 Å². The molecule has 0 aromatic heterocycles. The number of ether oxygens (including phenoxy) is 3. The van der Waals surface area contributed by atoms with E-state index in [1.165, 1.54) is 27.8 Å². The van der Waals surface area contributed by atoms with Crippen LogP contribution in [-0.4, -0.2) is 57.7 Å². The minimum atomic E-state index is 0.141. The van der Waals surface area contributed by atoms with Gasteiger partial charge in [0.1, 0.15) is 37.1 Å². The van der Waals surface area contributed by atoms with Crippen LogP contribution in [0.1, 0.15) is 27.8 Å². The van der Waals surface area contributed by atoms with Gasteiger partial charge in [0.25, 0.3) is 0 Å². The van der Waals surface area contributed by atoms with Gasteiger partial charge in [0.05, 0.1) is 6.61 Å². The second-order valence-electron chi connectivity index (χ2n) is 10.0. The summed E-state index contributed by atoms with van der Waals surface area (Å²) in [5, 5.41) is 15.2. The molecule has 0 radical (unpaired) electrons. The Morgan fingerprint density at radius 1 is 0.463 bits per heavy atom. The van der Waals surface area contributed by atoms with Crippen LogP contribution in [0.3, 0.4) is 0 Å². The molecule has 0 amide bonds. The van der Waals surface area contributed by atoms with Gasteiger partial charge >= 0.3 is 0 Å². The van der Waals surface area contributed by atoms with E-state index in [1.54, 1.807) is 0 Å². The van der Waals surface area contributed by atoms with E-state index in [0.717, 1.165) is 43.2 Å². The van der Waals surface area contributed by atoms with Crippen molar-refractivity contribution >= 4 is 0 Å². The maximum atomic E-state index is 8.77. The van der Waals surface area contributed by atoms with Crippen molar-refractivity contribution in [1.29, 1.82) is 0 Å². The van der Waals surface area contributed by atoms with E-state index < -0.39 is 0 Å². The van der Waals surface area contributed by atoms with Gasteiger partial charge in [-0.25, -0.2) is 0 Å². The van der Waals surface area contributed by atoms with E-state index in [1.807, 2.05) is 36.4 Å². The lowest BCUT2D eigenvalue weighted by atomic mass is 10.0. The first kappa shape index (κ1) is 30.1. The molecule has 6 nitrogen and oxygen atoms in total. The molecule has 41 heavy (non-hydrogen) atoms.